The molecule has 0 aromatic rings. The van der Waals surface area contributed by atoms with Gasteiger partial charge in [0.05, 0.1) is 6.10 Å². The van der Waals surface area contributed by atoms with Crippen LogP contribution in [0.25, 0.3) is 0 Å². The molecule has 14 heavy (non-hydrogen) atoms. The summed E-state index contributed by atoms with van der Waals surface area (Å²) < 4.78 is 5.32. The van der Waals surface area contributed by atoms with Crippen molar-refractivity contribution in [2.45, 2.75) is 12.5 Å². The molecule has 0 saturated carbocycles. The number of ether oxygens (including phenoxy) is 1. The maximum atomic E-state index is 5.32. The van der Waals surface area contributed by atoms with E-state index in [0.29, 0.717) is 6.10 Å². The third-order valence-corrected chi connectivity index (χ3v) is 2.94. The molecule has 1 N–H and O–H groups in total. The van der Waals surface area contributed by atoms with Gasteiger partial charge >= 0.3 is 0 Å². The third kappa shape index (κ3) is 3.55. The second-order valence-corrected chi connectivity index (χ2v) is 3.93. The van der Waals surface area contributed by atoms with E-state index in [1.165, 1.54) is 32.6 Å². The summed E-state index contributed by atoms with van der Waals surface area (Å²) in [6, 6.07) is 0. The van der Waals surface area contributed by atoms with Gasteiger partial charge in [0.15, 0.2) is 0 Å². The Morgan fingerprint density at radius 3 is 2.50 bits per heavy atom. The van der Waals surface area contributed by atoms with Crippen LogP contribution in [-0.4, -0.2) is 50.8 Å². The van der Waals surface area contributed by atoms with Crippen LogP contribution >= 0.6 is 24.8 Å². The summed E-state index contributed by atoms with van der Waals surface area (Å²) in [4.78, 5) is 2.53. The van der Waals surface area contributed by atoms with Gasteiger partial charge in [-0.1, -0.05) is 0 Å². The zero-order valence-electron chi connectivity index (χ0n) is 8.57. The second-order valence-electron chi connectivity index (χ2n) is 3.93. The SMILES string of the molecule is COC1CCN(CC2CNC2)C1.Cl.Cl. The predicted molar refractivity (Wildman–Crippen MR) is 62.7 cm³/mol. The minimum atomic E-state index is 0. The van der Waals surface area contributed by atoms with Gasteiger partial charge in [0.1, 0.15) is 0 Å². The van der Waals surface area contributed by atoms with Gasteiger partial charge in [-0.15, -0.1) is 24.8 Å². The summed E-state index contributed by atoms with van der Waals surface area (Å²) in [5, 5.41) is 3.30. The van der Waals surface area contributed by atoms with Crippen LogP contribution in [-0.2, 0) is 4.74 Å². The minimum absolute atomic E-state index is 0. The molecule has 5 heteroatoms. The number of methoxy groups -OCH3 is 1. The molecule has 1 unspecified atom stereocenters. The van der Waals surface area contributed by atoms with Crippen molar-refractivity contribution in [1.82, 2.24) is 10.2 Å². The zero-order chi connectivity index (χ0) is 8.39. The third-order valence-electron chi connectivity index (χ3n) is 2.94. The molecule has 0 spiro atoms. The molecule has 2 fully saturated rings. The van der Waals surface area contributed by atoms with Crippen molar-refractivity contribution in [2.75, 3.05) is 39.8 Å². The van der Waals surface area contributed by atoms with Crippen molar-refractivity contribution < 1.29 is 4.74 Å². The number of hydrogen-bond donors (Lipinski definition) is 1. The van der Waals surface area contributed by atoms with E-state index >= 15 is 0 Å². The van der Waals surface area contributed by atoms with E-state index in [1.54, 1.807) is 0 Å². The number of nitrogens with one attached hydrogen (secondary N) is 1. The molecular weight excluding hydrogens is 223 g/mol. The molecule has 3 nitrogen and oxygen atoms in total. The Bertz CT molecular complexity index is 156. The largest absolute Gasteiger partial charge is 0.380 e. The lowest BCUT2D eigenvalue weighted by Crippen LogP contribution is -2.48. The van der Waals surface area contributed by atoms with Crippen LogP contribution in [0.5, 0.6) is 0 Å². The maximum absolute atomic E-state index is 5.32. The normalized spacial score (nSPS) is 27.6. The molecule has 0 radical (unpaired) electrons. The fourth-order valence-electron chi connectivity index (χ4n) is 2.00. The lowest BCUT2D eigenvalue weighted by molar-refractivity contribution is 0.103. The number of halogens is 2. The van der Waals surface area contributed by atoms with Crippen LogP contribution in [0.3, 0.4) is 0 Å². The summed E-state index contributed by atoms with van der Waals surface area (Å²) in [5.74, 6) is 0.903. The Labute approximate surface area is 98.4 Å². The topological polar surface area (TPSA) is 24.5 Å². The molecule has 2 aliphatic heterocycles. The molecule has 0 aromatic heterocycles. The monoisotopic (exact) mass is 242 g/mol. The van der Waals surface area contributed by atoms with E-state index in [9.17, 15) is 0 Å². The summed E-state index contributed by atoms with van der Waals surface area (Å²) in [5.41, 5.74) is 0. The molecule has 2 aliphatic rings. The van der Waals surface area contributed by atoms with Crippen LogP contribution in [0.15, 0.2) is 0 Å². The van der Waals surface area contributed by atoms with Gasteiger partial charge in [0.25, 0.3) is 0 Å². The predicted octanol–water partition coefficient (Wildman–Crippen LogP) is 0.770. The van der Waals surface area contributed by atoms with Crippen LogP contribution in [0.1, 0.15) is 6.42 Å². The van der Waals surface area contributed by atoms with Gasteiger partial charge in [-0.3, -0.25) is 0 Å². The molecule has 0 aromatic carbocycles. The standard InChI is InChI=1S/C9H18N2O.2ClH/c1-12-9-2-3-11(7-9)6-8-4-10-5-8;;/h8-10H,2-7H2,1H3;2*1H. The van der Waals surface area contributed by atoms with E-state index in [2.05, 4.69) is 10.2 Å². The van der Waals surface area contributed by atoms with Crippen molar-refractivity contribution in [3.63, 3.8) is 0 Å². The van der Waals surface area contributed by atoms with E-state index < -0.39 is 0 Å². The summed E-state index contributed by atoms with van der Waals surface area (Å²) in [6.07, 6.45) is 1.72. The average Bonchev–Trinajstić information content (AvgIpc) is 2.44. The fraction of sp³-hybridized carbons (Fsp3) is 1.00. The fourth-order valence-corrected chi connectivity index (χ4v) is 2.00. The lowest BCUT2D eigenvalue weighted by Gasteiger charge is -2.31. The van der Waals surface area contributed by atoms with Crippen LogP contribution < -0.4 is 5.32 Å². The van der Waals surface area contributed by atoms with Gasteiger partial charge in [-0.2, -0.15) is 0 Å². The van der Waals surface area contributed by atoms with Crippen LogP contribution in [0.2, 0.25) is 0 Å². The van der Waals surface area contributed by atoms with E-state index in [1.807, 2.05) is 7.11 Å². The summed E-state index contributed by atoms with van der Waals surface area (Å²) in [7, 11) is 1.82. The highest BCUT2D eigenvalue weighted by atomic mass is 35.5. The first-order valence-corrected chi connectivity index (χ1v) is 4.84. The van der Waals surface area contributed by atoms with Crippen LogP contribution in [0, 0.1) is 5.92 Å². The molecule has 2 saturated heterocycles. The highest BCUT2D eigenvalue weighted by Gasteiger charge is 2.26. The second kappa shape index (κ2) is 6.85. The van der Waals surface area contributed by atoms with Crippen molar-refractivity contribution in [3.05, 3.63) is 0 Å². The Morgan fingerprint density at radius 2 is 2.07 bits per heavy atom. The van der Waals surface area contributed by atoms with Gasteiger partial charge in [0.2, 0.25) is 0 Å². The van der Waals surface area contributed by atoms with Gasteiger partial charge < -0.3 is 15.0 Å². The molecule has 0 aliphatic carbocycles. The molecule has 1 atom stereocenters. The summed E-state index contributed by atoms with van der Waals surface area (Å²) in [6.45, 7) is 6.08. The highest BCUT2D eigenvalue weighted by Crippen LogP contribution is 2.14. The smallest absolute Gasteiger partial charge is 0.0710 e. The van der Waals surface area contributed by atoms with E-state index in [-0.39, 0.29) is 24.8 Å². The minimum Gasteiger partial charge on any atom is -0.380 e. The number of rotatable bonds is 3. The van der Waals surface area contributed by atoms with Crippen molar-refractivity contribution >= 4 is 24.8 Å². The van der Waals surface area contributed by atoms with E-state index in [0.717, 1.165) is 12.5 Å². The number of hydrogen-bond acceptors (Lipinski definition) is 3. The number of nitrogens with zero attached hydrogens (tertiary/aromatic N) is 1. The Morgan fingerprint density at radius 1 is 1.36 bits per heavy atom. The summed E-state index contributed by atoms with van der Waals surface area (Å²) >= 11 is 0. The van der Waals surface area contributed by atoms with Crippen molar-refractivity contribution in [1.29, 1.82) is 0 Å². The first-order valence-electron chi connectivity index (χ1n) is 4.84. The Balaban J connectivity index is 0.000000845. The maximum Gasteiger partial charge on any atom is 0.0710 e. The average molecular weight is 243 g/mol. The van der Waals surface area contributed by atoms with E-state index in [4.69, 9.17) is 4.74 Å². The molecule has 2 heterocycles. The Kier molecular flexibility index (Phi) is 7.08. The molecule has 86 valence electrons. The molecule has 2 rings (SSSR count). The van der Waals surface area contributed by atoms with Crippen molar-refractivity contribution in [2.24, 2.45) is 5.92 Å². The van der Waals surface area contributed by atoms with Crippen molar-refractivity contribution in [3.8, 4) is 0 Å². The first kappa shape index (κ1) is 14.5. The molecular formula is C9H20Cl2N2O. The van der Waals surface area contributed by atoms with Crippen LogP contribution in [0.4, 0.5) is 0 Å². The molecule has 0 amide bonds. The lowest BCUT2D eigenvalue weighted by atomic mass is 10.0. The first-order chi connectivity index (χ1) is 5.88. The van der Waals surface area contributed by atoms with Gasteiger partial charge in [-0.25, -0.2) is 0 Å². The van der Waals surface area contributed by atoms with Gasteiger partial charge in [-0.05, 0) is 12.3 Å². The zero-order valence-corrected chi connectivity index (χ0v) is 10.2. The number of likely N-dealkylation sites (tertiary alicyclic amines) is 1. The Hall–Kier alpha value is 0.460. The highest BCUT2D eigenvalue weighted by molar-refractivity contribution is 5.85. The molecule has 0 bridgehead atoms. The quantitative estimate of drug-likeness (QED) is 0.792. The van der Waals surface area contributed by atoms with Gasteiger partial charge in [0, 0.05) is 39.8 Å².